The molecule has 3 nitrogen and oxygen atoms in total. The summed E-state index contributed by atoms with van der Waals surface area (Å²) in [5.41, 5.74) is 0. The average Bonchev–Trinajstić information content (AvgIpc) is 3.02. The van der Waals surface area contributed by atoms with Crippen LogP contribution in [-0.4, -0.2) is 42.8 Å². The number of hydrogen-bond acceptors (Lipinski definition) is 2. The first-order chi connectivity index (χ1) is 10.3. The number of nitrogens with zero attached hydrogens (tertiary/aromatic N) is 2. The van der Waals surface area contributed by atoms with Crippen molar-refractivity contribution in [1.82, 2.24) is 10.2 Å². The van der Waals surface area contributed by atoms with E-state index in [0.29, 0.717) is 0 Å². The first-order valence-corrected chi connectivity index (χ1v) is 8.70. The van der Waals surface area contributed by atoms with Gasteiger partial charge >= 0.3 is 0 Å². The fourth-order valence-corrected chi connectivity index (χ4v) is 3.16. The zero-order valence-electron chi connectivity index (χ0n) is 12.6. The first kappa shape index (κ1) is 16.1. The molecule has 1 aromatic carbocycles. The minimum Gasteiger partial charge on any atom is -0.357 e. The average molecular weight is 309 g/mol. The van der Waals surface area contributed by atoms with Gasteiger partial charge in [-0.05, 0) is 56.2 Å². The van der Waals surface area contributed by atoms with Crippen molar-refractivity contribution in [3.05, 3.63) is 30.1 Å². The monoisotopic (exact) mass is 309 g/mol. The van der Waals surface area contributed by atoms with Crippen LogP contribution in [0.5, 0.6) is 0 Å². The van der Waals surface area contributed by atoms with E-state index in [1.165, 1.54) is 25.0 Å². The van der Waals surface area contributed by atoms with Crippen molar-refractivity contribution in [2.75, 3.05) is 31.9 Å². The van der Waals surface area contributed by atoms with Crippen LogP contribution >= 0.6 is 11.8 Å². The predicted octanol–water partition coefficient (Wildman–Crippen LogP) is 3.37. The Morgan fingerprint density at radius 3 is 2.67 bits per heavy atom. The lowest BCUT2D eigenvalue weighted by Gasteiger charge is -2.20. The lowest BCUT2D eigenvalue weighted by atomic mass is 10.4. The molecule has 2 rings (SSSR count). The van der Waals surface area contributed by atoms with E-state index in [9.17, 15) is 4.39 Å². The summed E-state index contributed by atoms with van der Waals surface area (Å²) >= 11 is 1.76. The molecule has 0 unspecified atom stereocenters. The van der Waals surface area contributed by atoms with Crippen LogP contribution in [-0.2, 0) is 0 Å². The molecule has 1 saturated heterocycles. The molecule has 0 bridgehead atoms. The van der Waals surface area contributed by atoms with E-state index in [-0.39, 0.29) is 5.82 Å². The quantitative estimate of drug-likeness (QED) is 0.378. The second kappa shape index (κ2) is 8.93. The molecule has 1 heterocycles. The van der Waals surface area contributed by atoms with Gasteiger partial charge in [-0.2, -0.15) is 0 Å². The number of aliphatic imine (C=N–C) groups is 1. The van der Waals surface area contributed by atoms with Crippen molar-refractivity contribution in [3.8, 4) is 0 Å². The minimum atomic E-state index is -0.176. The Kier molecular flexibility index (Phi) is 6.86. The van der Waals surface area contributed by atoms with E-state index in [1.54, 1.807) is 11.8 Å². The molecule has 1 fully saturated rings. The van der Waals surface area contributed by atoms with Crippen LogP contribution in [0.1, 0.15) is 26.2 Å². The molecular formula is C16H24FN3S. The van der Waals surface area contributed by atoms with Gasteiger partial charge in [-0.3, -0.25) is 4.99 Å². The Morgan fingerprint density at radius 2 is 2.00 bits per heavy atom. The molecule has 0 radical (unpaired) electrons. The summed E-state index contributed by atoms with van der Waals surface area (Å²) in [6.45, 7) is 6.11. The number of benzene rings is 1. The van der Waals surface area contributed by atoms with Crippen molar-refractivity contribution in [2.45, 2.75) is 31.1 Å². The molecule has 0 aliphatic carbocycles. The Morgan fingerprint density at radius 1 is 1.29 bits per heavy atom. The van der Waals surface area contributed by atoms with Crippen LogP contribution in [0.15, 0.2) is 34.2 Å². The maximum absolute atomic E-state index is 12.8. The van der Waals surface area contributed by atoms with Gasteiger partial charge in [0.25, 0.3) is 0 Å². The molecular weight excluding hydrogens is 285 g/mol. The molecule has 1 aliphatic rings. The maximum Gasteiger partial charge on any atom is 0.193 e. The number of thioether (sulfide) groups is 1. The molecule has 0 amide bonds. The minimum absolute atomic E-state index is 0.176. The number of guanidine groups is 1. The molecule has 1 aromatic rings. The molecule has 1 N–H and O–H groups in total. The molecule has 0 saturated carbocycles. The van der Waals surface area contributed by atoms with E-state index in [0.717, 1.165) is 49.2 Å². The van der Waals surface area contributed by atoms with Gasteiger partial charge < -0.3 is 10.2 Å². The van der Waals surface area contributed by atoms with Crippen molar-refractivity contribution >= 4 is 17.7 Å². The van der Waals surface area contributed by atoms with Gasteiger partial charge in [0.1, 0.15) is 5.82 Å². The Labute approximate surface area is 131 Å². The number of rotatable bonds is 6. The van der Waals surface area contributed by atoms with Crippen molar-refractivity contribution in [1.29, 1.82) is 0 Å². The highest BCUT2D eigenvalue weighted by molar-refractivity contribution is 7.99. The second-order valence-corrected chi connectivity index (χ2v) is 6.25. The Balaban J connectivity index is 1.71. The molecule has 0 spiro atoms. The fourth-order valence-electron chi connectivity index (χ4n) is 2.33. The van der Waals surface area contributed by atoms with Crippen molar-refractivity contribution in [3.63, 3.8) is 0 Å². The number of likely N-dealkylation sites (tertiary alicyclic amines) is 1. The summed E-state index contributed by atoms with van der Waals surface area (Å²) in [6.07, 6.45) is 3.57. The Hall–Kier alpha value is -1.23. The van der Waals surface area contributed by atoms with Crippen LogP contribution in [0.25, 0.3) is 0 Å². The molecule has 116 valence electrons. The van der Waals surface area contributed by atoms with Gasteiger partial charge in [0.05, 0.1) is 0 Å². The summed E-state index contributed by atoms with van der Waals surface area (Å²) in [5.74, 6) is 1.89. The topological polar surface area (TPSA) is 27.6 Å². The number of halogens is 1. The molecule has 0 atom stereocenters. The van der Waals surface area contributed by atoms with Crippen LogP contribution < -0.4 is 5.32 Å². The summed E-state index contributed by atoms with van der Waals surface area (Å²) in [4.78, 5) is 8.16. The zero-order valence-corrected chi connectivity index (χ0v) is 13.5. The van der Waals surface area contributed by atoms with E-state index in [1.807, 2.05) is 12.1 Å². The van der Waals surface area contributed by atoms with Crippen LogP contribution in [0.2, 0.25) is 0 Å². The van der Waals surface area contributed by atoms with E-state index in [2.05, 4.69) is 17.1 Å². The summed E-state index contributed by atoms with van der Waals surface area (Å²) in [7, 11) is 0. The normalized spacial score (nSPS) is 15.5. The fraction of sp³-hybridized carbons (Fsp3) is 0.562. The van der Waals surface area contributed by atoms with E-state index < -0.39 is 0 Å². The number of hydrogen-bond donors (Lipinski definition) is 1. The lowest BCUT2D eigenvalue weighted by molar-refractivity contribution is 0.494. The third kappa shape index (κ3) is 5.58. The van der Waals surface area contributed by atoms with Gasteiger partial charge in [0, 0.05) is 31.1 Å². The summed E-state index contributed by atoms with van der Waals surface area (Å²) in [6, 6.07) is 6.68. The highest BCUT2D eigenvalue weighted by Gasteiger charge is 2.14. The summed E-state index contributed by atoms with van der Waals surface area (Å²) < 4.78 is 12.8. The second-order valence-electron chi connectivity index (χ2n) is 5.09. The SMILES string of the molecule is CCNC(=NCCCSc1ccc(F)cc1)N1CCCC1. The van der Waals surface area contributed by atoms with Gasteiger partial charge in [0.15, 0.2) is 5.96 Å². The van der Waals surface area contributed by atoms with Gasteiger partial charge in [-0.1, -0.05) is 0 Å². The molecule has 0 aromatic heterocycles. The standard InChI is InChI=1S/C16H24FN3S/c1-2-18-16(20-11-3-4-12-20)19-10-5-13-21-15-8-6-14(17)7-9-15/h6-9H,2-5,10-13H2,1H3,(H,18,19). The zero-order chi connectivity index (χ0) is 14.9. The van der Waals surface area contributed by atoms with Crippen LogP contribution in [0.3, 0.4) is 0 Å². The van der Waals surface area contributed by atoms with Crippen molar-refractivity contribution in [2.24, 2.45) is 4.99 Å². The smallest absolute Gasteiger partial charge is 0.193 e. The number of nitrogens with one attached hydrogen (secondary N) is 1. The van der Waals surface area contributed by atoms with Crippen LogP contribution in [0.4, 0.5) is 4.39 Å². The third-order valence-corrected chi connectivity index (χ3v) is 4.49. The van der Waals surface area contributed by atoms with Gasteiger partial charge in [0.2, 0.25) is 0 Å². The Bertz CT molecular complexity index is 441. The highest BCUT2D eigenvalue weighted by atomic mass is 32.2. The molecule has 5 heteroatoms. The maximum atomic E-state index is 12.8. The van der Waals surface area contributed by atoms with Gasteiger partial charge in [-0.15, -0.1) is 11.8 Å². The molecule has 1 aliphatic heterocycles. The predicted molar refractivity (Wildman–Crippen MR) is 88.5 cm³/mol. The highest BCUT2D eigenvalue weighted by Crippen LogP contribution is 2.18. The summed E-state index contributed by atoms with van der Waals surface area (Å²) in [5, 5.41) is 3.37. The van der Waals surface area contributed by atoms with E-state index in [4.69, 9.17) is 4.99 Å². The largest absolute Gasteiger partial charge is 0.357 e. The van der Waals surface area contributed by atoms with Gasteiger partial charge in [-0.25, -0.2) is 4.39 Å². The first-order valence-electron chi connectivity index (χ1n) is 7.71. The van der Waals surface area contributed by atoms with Crippen LogP contribution in [0, 0.1) is 5.82 Å². The van der Waals surface area contributed by atoms with E-state index >= 15 is 0 Å². The van der Waals surface area contributed by atoms with Crippen molar-refractivity contribution < 1.29 is 4.39 Å². The third-order valence-electron chi connectivity index (χ3n) is 3.39. The molecule has 21 heavy (non-hydrogen) atoms. The lowest BCUT2D eigenvalue weighted by Crippen LogP contribution is -2.39.